The molecule has 2 atom stereocenters. The number of terminal acetylenes is 1. The van der Waals surface area contributed by atoms with Gasteiger partial charge in [-0.2, -0.15) is 0 Å². The number of hydrogen-bond acceptors (Lipinski definition) is 2. The zero-order chi connectivity index (χ0) is 8.81. The van der Waals surface area contributed by atoms with E-state index >= 15 is 0 Å². The van der Waals surface area contributed by atoms with Gasteiger partial charge in [0.1, 0.15) is 0 Å². The van der Waals surface area contributed by atoms with E-state index in [2.05, 4.69) is 5.92 Å². The van der Waals surface area contributed by atoms with Crippen molar-refractivity contribution in [1.29, 1.82) is 0 Å². The second-order valence-corrected chi connectivity index (χ2v) is 3.47. The summed E-state index contributed by atoms with van der Waals surface area (Å²) in [6.45, 7) is 1.80. The van der Waals surface area contributed by atoms with Gasteiger partial charge in [0, 0.05) is 25.7 Å². The Hall–Kier alpha value is -0.520. The average Bonchev–Trinajstić information content (AvgIpc) is 2.53. The molecule has 2 heteroatoms. The largest absolute Gasteiger partial charge is 0.381 e. The van der Waals surface area contributed by atoms with Gasteiger partial charge in [-0.05, 0) is 25.2 Å². The summed E-state index contributed by atoms with van der Waals surface area (Å²) in [4.78, 5) is 0. The van der Waals surface area contributed by atoms with E-state index in [0.717, 1.165) is 32.5 Å². The Balaban J connectivity index is 2.08. The molecule has 12 heavy (non-hydrogen) atoms. The lowest BCUT2D eigenvalue weighted by molar-refractivity contribution is 0.182. The Morgan fingerprint density at radius 2 is 2.50 bits per heavy atom. The molecule has 2 nitrogen and oxygen atoms in total. The number of hydrogen-bond donors (Lipinski definition) is 1. The molecule has 2 N–H and O–H groups in total. The first kappa shape index (κ1) is 9.57. The molecule has 0 amide bonds. The smallest absolute Gasteiger partial charge is 0.0495 e. The first-order chi connectivity index (χ1) is 5.83. The van der Waals surface area contributed by atoms with E-state index in [1.165, 1.54) is 6.42 Å². The van der Waals surface area contributed by atoms with Crippen LogP contribution in [0.5, 0.6) is 0 Å². The third kappa shape index (κ3) is 3.25. The van der Waals surface area contributed by atoms with Crippen LogP contribution in [0.25, 0.3) is 0 Å². The van der Waals surface area contributed by atoms with E-state index in [1.54, 1.807) is 0 Å². The molecular formula is C10H17NO. The first-order valence-corrected chi connectivity index (χ1v) is 4.59. The van der Waals surface area contributed by atoms with E-state index in [0.29, 0.717) is 5.92 Å². The van der Waals surface area contributed by atoms with Crippen molar-refractivity contribution in [1.82, 2.24) is 0 Å². The van der Waals surface area contributed by atoms with Crippen LogP contribution in [0.15, 0.2) is 0 Å². The lowest BCUT2D eigenvalue weighted by Gasteiger charge is -2.13. The molecule has 1 heterocycles. The second-order valence-electron chi connectivity index (χ2n) is 3.47. The van der Waals surface area contributed by atoms with Crippen LogP contribution < -0.4 is 5.73 Å². The normalized spacial score (nSPS) is 25.2. The molecule has 0 bridgehead atoms. The van der Waals surface area contributed by atoms with Gasteiger partial charge in [0.2, 0.25) is 0 Å². The highest BCUT2D eigenvalue weighted by molar-refractivity contribution is 4.85. The summed E-state index contributed by atoms with van der Waals surface area (Å²) in [5, 5.41) is 0. The molecule has 1 aliphatic heterocycles. The maximum absolute atomic E-state index is 5.89. The molecule has 2 unspecified atom stereocenters. The third-order valence-electron chi connectivity index (χ3n) is 2.32. The van der Waals surface area contributed by atoms with Crippen molar-refractivity contribution in [3.8, 4) is 12.3 Å². The van der Waals surface area contributed by atoms with Crippen LogP contribution in [0, 0.1) is 18.3 Å². The Morgan fingerprint density at radius 3 is 3.08 bits per heavy atom. The monoisotopic (exact) mass is 167 g/mol. The molecule has 0 aromatic heterocycles. The summed E-state index contributed by atoms with van der Waals surface area (Å²) >= 11 is 0. The lowest BCUT2D eigenvalue weighted by Crippen LogP contribution is -2.23. The van der Waals surface area contributed by atoms with E-state index < -0.39 is 0 Å². The summed E-state index contributed by atoms with van der Waals surface area (Å²) in [5.41, 5.74) is 5.89. The third-order valence-corrected chi connectivity index (χ3v) is 2.32. The van der Waals surface area contributed by atoms with E-state index in [1.807, 2.05) is 0 Å². The summed E-state index contributed by atoms with van der Waals surface area (Å²) in [5.74, 6) is 3.29. The van der Waals surface area contributed by atoms with E-state index in [9.17, 15) is 0 Å². The van der Waals surface area contributed by atoms with Gasteiger partial charge in [-0.15, -0.1) is 12.3 Å². The average molecular weight is 167 g/mol. The van der Waals surface area contributed by atoms with Crippen molar-refractivity contribution in [2.24, 2.45) is 11.7 Å². The molecule has 1 fully saturated rings. The zero-order valence-corrected chi connectivity index (χ0v) is 7.46. The predicted molar refractivity (Wildman–Crippen MR) is 49.6 cm³/mol. The highest BCUT2D eigenvalue weighted by Crippen LogP contribution is 2.18. The standard InChI is InChI=1S/C10H17NO/c1-2-3-4-10(11)7-9-5-6-12-8-9/h1,9-10H,3-8,11H2. The maximum atomic E-state index is 5.89. The van der Waals surface area contributed by atoms with Crippen LogP contribution in [0.1, 0.15) is 25.7 Å². The predicted octanol–water partition coefficient (Wildman–Crippen LogP) is 1.15. The van der Waals surface area contributed by atoms with Crippen LogP contribution in [-0.2, 0) is 4.74 Å². The molecule has 1 rings (SSSR count). The van der Waals surface area contributed by atoms with Gasteiger partial charge < -0.3 is 10.5 Å². The highest BCUT2D eigenvalue weighted by atomic mass is 16.5. The summed E-state index contributed by atoms with van der Waals surface area (Å²) in [6, 6.07) is 0.271. The molecule has 0 aliphatic carbocycles. The lowest BCUT2D eigenvalue weighted by atomic mass is 9.97. The Labute approximate surface area is 74.5 Å². The van der Waals surface area contributed by atoms with Crippen LogP contribution in [0.4, 0.5) is 0 Å². The van der Waals surface area contributed by atoms with Gasteiger partial charge >= 0.3 is 0 Å². The molecule has 0 spiro atoms. The van der Waals surface area contributed by atoms with Crippen molar-refractivity contribution < 1.29 is 4.74 Å². The van der Waals surface area contributed by atoms with Crippen LogP contribution in [0.2, 0.25) is 0 Å². The molecule has 0 aromatic rings. The molecule has 0 aromatic carbocycles. The molecule has 0 radical (unpaired) electrons. The van der Waals surface area contributed by atoms with Gasteiger partial charge in [0.25, 0.3) is 0 Å². The van der Waals surface area contributed by atoms with Crippen molar-refractivity contribution >= 4 is 0 Å². The Morgan fingerprint density at radius 1 is 1.67 bits per heavy atom. The van der Waals surface area contributed by atoms with Crippen molar-refractivity contribution in [3.05, 3.63) is 0 Å². The van der Waals surface area contributed by atoms with Crippen molar-refractivity contribution in [3.63, 3.8) is 0 Å². The second kappa shape index (κ2) is 5.18. The number of rotatable bonds is 4. The fraction of sp³-hybridized carbons (Fsp3) is 0.800. The maximum Gasteiger partial charge on any atom is 0.0495 e. The first-order valence-electron chi connectivity index (χ1n) is 4.59. The zero-order valence-electron chi connectivity index (χ0n) is 7.46. The molecule has 1 saturated heterocycles. The fourth-order valence-electron chi connectivity index (χ4n) is 1.58. The summed E-state index contributed by atoms with van der Waals surface area (Å²) in [7, 11) is 0. The number of nitrogens with two attached hydrogens (primary N) is 1. The topological polar surface area (TPSA) is 35.2 Å². The van der Waals surface area contributed by atoms with Gasteiger partial charge in [-0.1, -0.05) is 0 Å². The minimum Gasteiger partial charge on any atom is -0.381 e. The quantitative estimate of drug-likeness (QED) is 0.637. The summed E-state index contributed by atoms with van der Waals surface area (Å²) in [6.07, 6.45) is 9.15. The minimum absolute atomic E-state index is 0.271. The summed E-state index contributed by atoms with van der Waals surface area (Å²) < 4.78 is 5.27. The molecule has 1 aliphatic rings. The van der Waals surface area contributed by atoms with Crippen molar-refractivity contribution in [2.45, 2.75) is 31.7 Å². The van der Waals surface area contributed by atoms with Crippen LogP contribution >= 0.6 is 0 Å². The number of ether oxygens (including phenoxy) is 1. The van der Waals surface area contributed by atoms with Crippen molar-refractivity contribution in [2.75, 3.05) is 13.2 Å². The van der Waals surface area contributed by atoms with Gasteiger partial charge in [-0.25, -0.2) is 0 Å². The van der Waals surface area contributed by atoms with Crippen LogP contribution in [0.3, 0.4) is 0 Å². The van der Waals surface area contributed by atoms with Gasteiger partial charge in [0.15, 0.2) is 0 Å². The SMILES string of the molecule is C#CCCC(N)CC1CCOC1. The molecular weight excluding hydrogens is 150 g/mol. The van der Waals surface area contributed by atoms with Gasteiger partial charge in [0.05, 0.1) is 0 Å². The minimum atomic E-state index is 0.271. The van der Waals surface area contributed by atoms with E-state index in [-0.39, 0.29) is 6.04 Å². The van der Waals surface area contributed by atoms with E-state index in [4.69, 9.17) is 16.9 Å². The Bertz CT molecular complexity index is 156. The van der Waals surface area contributed by atoms with Crippen LogP contribution in [-0.4, -0.2) is 19.3 Å². The highest BCUT2D eigenvalue weighted by Gasteiger charge is 2.18. The molecule has 0 saturated carbocycles. The Kier molecular flexibility index (Phi) is 4.13. The molecule has 68 valence electrons. The fourth-order valence-corrected chi connectivity index (χ4v) is 1.58. The van der Waals surface area contributed by atoms with Gasteiger partial charge in [-0.3, -0.25) is 0 Å².